The molecule has 5 nitrogen and oxygen atoms in total. The van der Waals surface area contributed by atoms with Gasteiger partial charge in [0, 0.05) is 13.1 Å². The molecular weight excluding hydrogens is 220 g/mol. The van der Waals surface area contributed by atoms with E-state index in [1.54, 1.807) is 4.90 Å². The first-order valence-corrected chi connectivity index (χ1v) is 6.12. The molecule has 2 amide bonds. The fourth-order valence-corrected chi connectivity index (χ4v) is 1.88. The van der Waals surface area contributed by atoms with Crippen LogP contribution in [0.3, 0.4) is 0 Å². The van der Waals surface area contributed by atoms with Gasteiger partial charge in [0.25, 0.3) is 0 Å². The monoisotopic (exact) mass is 242 g/mol. The van der Waals surface area contributed by atoms with E-state index in [4.69, 9.17) is 4.74 Å². The summed E-state index contributed by atoms with van der Waals surface area (Å²) in [6.45, 7) is 8.53. The van der Waals surface area contributed by atoms with Crippen molar-refractivity contribution in [2.75, 3.05) is 13.1 Å². The first kappa shape index (κ1) is 13.8. The lowest BCUT2D eigenvalue weighted by molar-refractivity contribution is -0.159. The second-order valence-corrected chi connectivity index (χ2v) is 5.22. The molecule has 5 heteroatoms. The van der Waals surface area contributed by atoms with Gasteiger partial charge in [0.05, 0.1) is 0 Å². The van der Waals surface area contributed by atoms with Gasteiger partial charge in [0.15, 0.2) is 0 Å². The van der Waals surface area contributed by atoms with Crippen molar-refractivity contribution in [3.05, 3.63) is 0 Å². The molecule has 1 saturated heterocycles. The summed E-state index contributed by atoms with van der Waals surface area (Å²) in [4.78, 5) is 25.2. The quantitative estimate of drug-likeness (QED) is 0.747. The predicted molar refractivity (Wildman–Crippen MR) is 64.6 cm³/mol. The van der Waals surface area contributed by atoms with E-state index in [1.165, 1.54) is 0 Å². The zero-order valence-electron chi connectivity index (χ0n) is 11.1. The minimum absolute atomic E-state index is 0.180. The maximum Gasteiger partial charge on any atom is 0.329 e. The summed E-state index contributed by atoms with van der Waals surface area (Å²) in [5.41, 5.74) is -0.507. The van der Waals surface area contributed by atoms with Crippen LogP contribution in [-0.2, 0) is 9.53 Å². The fraction of sp³-hybridized carbons (Fsp3) is 0.833. The molecule has 0 unspecified atom stereocenters. The van der Waals surface area contributed by atoms with Crippen LogP contribution >= 0.6 is 0 Å². The molecule has 0 aromatic heterocycles. The Bertz CT molecular complexity index is 297. The number of ether oxygens (including phenoxy) is 1. The zero-order valence-corrected chi connectivity index (χ0v) is 11.1. The molecule has 0 aromatic carbocycles. The third-order valence-electron chi connectivity index (χ3n) is 2.52. The molecule has 0 saturated carbocycles. The van der Waals surface area contributed by atoms with E-state index in [1.807, 2.05) is 27.7 Å². The van der Waals surface area contributed by atoms with Crippen molar-refractivity contribution < 1.29 is 14.3 Å². The normalized spacial score (nSPS) is 20.2. The predicted octanol–water partition coefficient (Wildman–Crippen LogP) is 1.52. The maximum atomic E-state index is 11.9. The van der Waals surface area contributed by atoms with E-state index in [0.717, 1.165) is 6.42 Å². The Morgan fingerprint density at radius 1 is 1.41 bits per heavy atom. The van der Waals surface area contributed by atoms with Gasteiger partial charge in [-0.15, -0.1) is 0 Å². The van der Waals surface area contributed by atoms with Crippen LogP contribution < -0.4 is 5.32 Å². The molecule has 1 heterocycles. The van der Waals surface area contributed by atoms with Crippen LogP contribution in [0.5, 0.6) is 0 Å². The van der Waals surface area contributed by atoms with Crippen molar-refractivity contribution in [2.45, 2.75) is 52.2 Å². The Balaban J connectivity index is 2.63. The molecule has 1 aliphatic rings. The molecule has 1 N–H and O–H groups in total. The van der Waals surface area contributed by atoms with Crippen LogP contribution in [0, 0.1) is 0 Å². The average Bonchev–Trinajstić information content (AvgIpc) is 2.63. The van der Waals surface area contributed by atoms with Gasteiger partial charge in [-0.05, 0) is 40.5 Å². The van der Waals surface area contributed by atoms with Gasteiger partial charge in [0.2, 0.25) is 0 Å². The maximum absolute atomic E-state index is 11.9. The average molecular weight is 242 g/mol. The Morgan fingerprint density at radius 3 is 2.59 bits per heavy atom. The van der Waals surface area contributed by atoms with Gasteiger partial charge in [-0.25, -0.2) is 9.59 Å². The van der Waals surface area contributed by atoms with Crippen molar-refractivity contribution in [1.82, 2.24) is 10.2 Å². The number of rotatable bonds is 2. The van der Waals surface area contributed by atoms with Gasteiger partial charge in [0.1, 0.15) is 11.6 Å². The number of hydrogen-bond donors (Lipinski definition) is 1. The van der Waals surface area contributed by atoms with Crippen LogP contribution in [0.4, 0.5) is 4.79 Å². The minimum Gasteiger partial charge on any atom is -0.458 e. The van der Waals surface area contributed by atoms with Crippen molar-refractivity contribution in [3.8, 4) is 0 Å². The lowest BCUT2D eigenvalue weighted by atomic mass is 10.1. The molecular formula is C12H22N2O3. The van der Waals surface area contributed by atoms with Gasteiger partial charge in [-0.2, -0.15) is 0 Å². The third kappa shape index (κ3) is 3.91. The number of amides is 2. The van der Waals surface area contributed by atoms with E-state index < -0.39 is 11.6 Å². The van der Waals surface area contributed by atoms with Crippen molar-refractivity contribution in [2.24, 2.45) is 0 Å². The molecule has 1 atom stereocenters. The van der Waals surface area contributed by atoms with Gasteiger partial charge >= 0.3 is 12.0 Å². The number of carbonyl (C=O) groups is 2. The van der Waals surface area contributed by atoms with E-state index in [-0.39, 0.29) is 12.0 Å². The van der Waals surface area contributed by atoms with Crippen LogP contribution in [-0.4, -0.2) is 41.6 Å². The molecule has 0 aromatic rings. The first-order chi connectivity index (χ1) is 7.85. The summed E-state index contributed by atoms with van der Waals surface area (Å²) in [7, 11) is 0. The molecule has 0 bridgehead atoms. The van der Waals surface area contributed by atoms with Gasteiger partial charge in [-0.3, -0.25) is 0 Å². The SMILES string of the molecule is CCNC(=O)N1CCC[C@@H]1C(=O)OC(C)(C)C. The Hall–Kier alpha value is -1.26. The molecule has 1 rings (SSSR count). The van der Waals surface area contributed by atoms with Crippen LogP contribution in [0.15, 0.2) is 0 Å². The summed E-state index contributed by atoms with van der Waals surface area (Å²) in [5.74, 6) is -0.304. The summed E-state index contributed by atoms with van der Waals surface area (Å²) < 4.78 is 5.32. The number of esters is 1. The molecule has 0 radical (unpaired) electrons. The third-order valence-corrected chi connectivity index (χ3v) is 2.52. The number of hydrogen-bond acceptors (Lipinski definition) is 3. The zero-order chi connectivity index (χ0) is 13.1. The molecule has 98 valence electrons. The summed E-state index contributed by atoms with van der Waals surface area (Å²) >= 11 is 0. The molecule has 0 aliphatic carbocycles. The highest BCUT2D eigenvalue weighted by Crippen LogP contribution is 2.20. The summed E-state index contributed by atoms with van der Waals surface area (Å²) in [5, 5.41) is 2.71. The number of likely N-dealkylation sites (tertiary alicyclic amines) is 1. The van der Waals surface area contributed by atoms with Crippen LogP contribution in [0.25, 0.3) is 0 Å². The van der Waals surface area contributed by atoms with Crippen LogP contribution in [0.2, 0.25) is 0 Å². The van der Waals surface area contributed by atoms with Crippen molar-refractivity contribution >= 4 is 12.0 Å². The van der Waals surface area contributed by atoms with Crippen molar-refractivity contribution in [1.29, 1.82) is 0 Å². The minimum atomic E-state index is -0.507. The highest BCUT2D eigenvalue weighted by molar-refractivity contribution is 5.84. The van der Waals surface area contributed by atoms with E-state index in [2.05, 4.69) is 5.32 Å². The molecule has 17 heavy (non-hydrogen) atoms. The van der Waals surface area contributed by atoms with Crippen LogP contribution in [0.1, 0.15) is 40.5 Å². The summed E-state index contributed by atoms with van der Waals surface area (Å²) in [6, 6.07) is -0.610. The second kappa shape index (κ2) is 5.38. The topological polar surface area (TPSA) is 58.6 Å². The number of urea groups is 1. The Kier molecular flexibility index (Phi) is 4.37. The lowest BCUT2D eigenvalue weighted by Gasteiger charge is -2.27. The molecule has 1 aliphatic heterocycles. The summed E-state index contributed by atoms with van der Waals surface area (Å²) in [6.07, 6.45) is 1.53. The number of nitrogens with zero attached hydrogens (tertiary/aromatic N) is 1. The van der Waals surface area contributed by atoms with E-state index >= 15 is 0 Å². The fourth-order valence-electron chi connectivity index (χ4n) is 1.88. The smallest absolute Gasteiger partial charge is 0.329 e. The van der Waals surface area contributed by atoms with Gasteiger partial charge < -0.3 is 15.0 Å². The Morgan fingerprint density at radius 2 is 2.06 bits per heavy atom. The number of nitrogens with one attached hydrogen (secondary N) is 1. The van der Waals surface area contributed by atoms with Crippen molar-refractivity contribution in [3.63, 3.8) is 0 Å². The molecule has 1 fully saturated rings. The second-order valence-electron chi connectivity index (χ2n) is 5.22. The lowest BCUT2D eigenvalue weighted by Crippen LogP contribution is -2.47. The van der Waals surface area contributed by atoms with Gasteiger partial charge in [-0.1, -0.05) is 0 Å². The Labute approximate surface area is 102 Å². The molecule has 0 spiro atoms. The first-order valence-electron chi connectivity index (χ1n) is 6.12. The standard InChI is InChI=1S/C12H22N2O3/c1-5-13-11(16)14-8-6-7-9(14)10(15)17-12(2,3)4/h9H,5-8H2,1-4H3,(H,13,16)/t9-/m1/s1. The van der Waals surface area contributed by atoms with E-state index in [9.17, 15) is 9.59 Å². The number of carbonyl (C=O) groups excluding carboxylic acids is 2. The highest BCUT2D eigenvalue weighted by atomic mass is 16.6. The van der Waals surface area contributed by atoms with E-state index in [0.29, 0.717) is 19.5 Å². The largest absolute Gasteiger partial charge is 0.458 e. The highest BCUT2D eigenvalue weighted by Gasteiger charge is 2.36.